The summed E-state index contributed by atoms with van der Waals surface area (Å²) < 4.78 is 32.2. The Morgan fingerprint density at radius 1 is 1.47 bits per heavy atom. The van der Waals surface area contributed by atoms with E-state index in [2.05, 4.69) is 5.32 Å². The van der Waals surface area contributed by atoms with E-state index in [0.717, 1.165) is 12.8 Å². The van der Waals surface area contributed by atoms with E-state index in [1.165, 1.54) is 12.8 Å². The zero-order valence-electron chi connectivity index (χ0n) is 12.2. The standard InChI is InChI=1S/C13H26N2O3S/c1-11(9-14-12-5-6-12)19(16,17)15-8-4-7-13(2,10-15)18-3/h11-12,14H,4-10H2,1-3H3. The first-order valence-electron chi connectivity index (χ1n) is 7.15. The van der Waals surface area contributed by atoms with Crippen LogP contribution in [-0.2, 0) is 14.8 Å². The van der Waals surface area contributed by atoms with Crippen LogP contribution >= 0.6 is 0 Å². The molecule has 2 aliphatic rings. The molecule has 1 saturated heterocycles. The van der Waals surface area contributed by atoms with Gasteiger partial charge in [-0.15, -0.1) is 0 Å². The molecule has 2 fully saturated rings. The van der Waals surface area contributed by atoms with E-state index in [1.807, 2.05) is 6.92 Å². The normalized spacial score (nSPS) is 31.3. The van der Waals surface area contributed by atoms with Gasteiger partial charge in [0, 0.05) is 32.8 Å². The Morgan fingerprint density at radius 3 is 2.74 bits per heavy atom. The zero-order valence-corrected chi connectivity index (χ0v) is 13.0. The Kier molecular flexibility index (Phi) is 4.55. The van der Waals surface area contributed by atoms with Crippen LogP contribution in [0.15, 0.2) is 0 Å². The summed E-state index contributed by atoms with van der Waals surface area (Å²) in [5.41, 5.74) is -0.338. The molecule has 0 bridgehead atoms. The smallest absolute Gasteiger partial charge is 0.218 e. The lowest BCUT2D eigenvalue weighted by Crippen LogP contribution is -2.52. The van der Waals surface area contributed by atoms with Crippen molar-refractivity contribution < 1.29 is 13.2 Å². The summed E-state index contributed by atoms with van der Waals surface area (Å²) in [6.45, 7) is 5.42. The quantitative estimate of drug-likeness (QED) is 0.791. The van der Waals surface area contributed by atoms with E-state index in [9.17, 15) is 8.42 Å². The first kappa shape index (κ1) is 15.2. The number of ether oxygens (including phenoxy) is 1. The first-order chi connectivity index (χ1) is 8.87. The van der Waals surface area contributed by atoms with E-state index < -0.39 is 10.0 Å². The molecule has 2 rings (SSSR count). The highest BCUT2D eigenvalue weighted by molar-refractivity contribution is 7.89. The minimum atomic E-state index is -3.22. The molecule has 5 nitrogen and oxygen atoms in total. The lowest BCUT2D eigenvalue weighted by atomic mass is 9.96. The maximum Gasteiger partial charge on any atom is 0.218 e. The van der Waals surface area contributed by atoms with Gasteiger partial charge in [-0.1, -0.05) is 0 Å². The van der Waals surface area contributed by atoms with Crippen LogP contribution in [0.5, 0.6) is 0 Å². The highest BCUT2D eigenvalue weighted by Crippen LogP contribution is 2.27. The molecule has 1 aliphatic carbocycles. The van der Waals surface area contributed by atoms with Crippen LogP contribution in [0.3, 0.4) is 0 Å². The first-order valence-corrected chi connectivity index (χ1v) is 8.65. The van der Waals surface area contributed by atoms with Crippen molar-refractivity contribution in [1.29, 1.82) is 0 Å². The van der Waals surface area contributed by atoms with Gasteiger partial charge < -0.3 is 10.1 Å². The molecular weight excluding hydrogens is 264 g/mol. The maximum absolute atomic E-state index is 12.6. The molecule has 0 aromatic carbocycles. The van der Waals surface area contributed by atoms with Gasteiger partial charge in [0.05, 0.1) is 10.9 Å². The molecule has 0 aromatic heterocycles. The molecule has 112 valence electrons. The van der Waals surface area contributed by atoms with Gasteiger partial charge in [0.2, 0.25) is 10.0 Å². The lowest BCUT2D eigenvalue weighted by molar-refractivity contribution is -0.0320. The summed E-state index contributed by atoms with van der Waals surface area (Å²) in [4.78, 5) is 0. The van der Waals surface area contributed by atoms with Crippen LogP contribution in [-0.4, -0.2) is 56.4 Å². The van der Waals surface area contributed by atoms with Crippen molar-refractivity contribution in [2.75, 3.05) is 26.7 Å². The molecule has 6 heteroatoms. The molecule has 1 saturated carbocycles. The topological polar surface area (TPSA) is 58.6 Å². The van der Waals surface area contributed by atoms with Crippen LogP contribution in [0.2, 0.25) is 0 Å². The fourth-order valence-corrected chi connectivity index (χ4v) is 4.18. The molecule has 1 aliphatic heterocycles. The molecule has 0 amide bonds. The Hall–Kier alpha value is -0.170. The fraction of sp³-hybridized carbons (Fsp3) is 1.00. The van der Waals surface area contributed by atoms with Gasteiger partial charge in [-0.05, 0) is 39.5 Å². The van der Waals surface area contributed by atoms with E-state index in [0.29, 0.717) is 25.7 Å². The second kappa shape index (κ2) is 5.68. The molecule has 2 unspecified atom stereocenters. The summed E-state index contributed by atoms with van der Waals surface area (Å²) in [7, 11) is -1.56. The number of nitrogens with one attached hydrogen (secondary N) is 1. The molecule has 0 radical (unpaired) electrons. The molecule has 1 heterocycles. The lowest BCUT2D eigenvalue weighted by Gasteiger charge is -2.39. The Morgan fingerprint density at radius 2 is 2.16 bits per heavy atom. The molecular formula is C13H26N2O3S. The second-order valence-corrected chi connectivity index (χ2v) is 8.48. The van der Waals surface area contributed by atoms with Crippen LogP contribution in [0.1, 0.15) is 39.5 Å². The van der Waals surface area contributed by atoms with Crippen LogP contribution in [0.25, 0.3) is 0 Å². The summed E-state index contributed by atoms with van der Waals surface area (Å²) in [5.74, 6) is 0. The van der Waals surface area contributed by atoms with Crippen molar-refractivity contribution in [2.24, 2.45) is 0 Å². The minimum Gasteiger partial charge on any atom is -0.377 e. The SMILES string of the molecule is COC1(C)CCCN(S(=O)(=O)C(C)CNC2CC2)C1. The van der Waals surface area contributed by atoms with Crippen molar-refractivity contribution in [1.82, 2.24) is 9.62 Å². The predicted molar refractivity (Wildman–Crippen MR) is 75.6 cm³/mol. The van der Waals surface area contributed by atoms with Crippen molar-refractivity contribution >= 4 is 10.0 Å². The Labute approximate surface area is 116 Å². The Bertz CT molecular complexity index is 408. The van der Waals surface area contributed by atoms with Gasteiger partial charge in [0.1, 0.15) is 0 Å². The molecule has 0 spiro atoms. The van der Waals surface area contributed by atoms with E-state index >= 15 is 0 Å². The van der Waals surface area contributed by atoms with Gasteiger partial charge in [0.25, 0.3) is 0 Å². The summed E-state index contributed by atoms with van der Waals surface area (Å²) in [5, 5.41) is 2.93. The third-order valence-electron chi connectivity index (χ3n) is 4.26. The number of nitrogens with zero attached hydrogens (tertiary/aromatic N) is 1. The average molecular weight is 290 g/mol. The number of hydrogen-bond acceptors (Lipinski definition) is 4. The van der Waals surface area contributed by atoms with Crippen molar-refractivity contribution in [3.05, 3.63) is 0 Å². The van der Waals surface area contributed by atoms with Gasteiger partial charge in [0.15, 0.2) is 0 Å². The predicted octanol–water partition coefficient (Wildman–Crippen LogP) is 0.958. The fourth-order valence-electron chi connectivity index (χ4n) is 2.52. The molecule has 19 heavy (non-hydrogen) atoms. The van der Waals surface area contributed by atoms with E-state index in [-0.39, 0.29) is 10.9 Å². The summed E-state index contributed by atoms with van der Waals surface area (Å²) in [6.07, 6.45) is 4.15. The Balaban J connectivity index is 1.96. The average Bonchev–Trinajstić information content (AvgIpc) is 3.20. The van der Waals surface area contributed by atoms with Crippen molar-refractivity contribution in [3.63, 3.8) is 0 Å². The monoisotopic (exact) mass is 290 g/mol. The van der Waals surface area contributed by atoms with Crippen molar-refractivity contribution in [3.8, 4) is 0 Å². The zero-order chi connectivity index (χ0) is 14.1. The van der Waals surface area contributed by atoms with Gasteiger partial charge in [-0.25, -0.2) is 8.42 Å². The highest BCUT2D eigenvalue weighted by Gasteiger charge is 2.38. The third-order valence-corrected chi connectivity index (χ3v) is 6.47. The van der Waals surface area contributed by atoms with Gasteiger partial charge in [-0.2, -0.15) is 4.31 Å². The van der Waals surface area contributed by atoms with Crippen LogP contribution in [0.4, 0.5) is 0 Å². The summed E-state index contributed by atoms with van der Waals surface area (Å²) in [6, 6.07) is 0.545. The van der Waals surface area contributed by atoms with Crippen LogP contribution in [0, 0.1) is 0 Å². The minimum absolute atomic E-state index is 0.338. The second-order valence-electron chi connectivity index (χ2n) is 6.13. The number of hydrogen-bond donors (Lipinski definition) is 1. The molecule has 0 aromatic rings. The molecule has 1 N–H and O–H groups in total. The highest BCUT2D eigenvalue weighted by atomic mass is 32.2. The number of piperidine rings is 1. The van der Waals surface area contributed by atoms with Crippen molar-refractivity contribution in [2.45, 2.75) is 56.4 Å². The largest absolute Gasteiger partial charge is 0.377 e. The third kappa shape index (κ3) is 3.68. The number of methoxy groups -OCH3 is 1. The maximum atomic E-state index is 12.6. The van der Waals surface area contributed by atoms with Crippen LogP contribution < -0.4 is 5.32 Å². The van der Waals surface area contributed by atoms with Gasteiger partial charge >= 0.3 is 0 Å². The summed E-state index contributed by atoms with van der Waals surface area (Å²) >= 11 is 0. The van der Waals surface area contributed by atoms with E-state index in [4.69, 9.17) is 4.74 Å². The number of rotatable bonds is 6. The van der Waals surface area contributed by atoms with E-state index in [1.54, 1.807) is 18.3 Å². The van der Waals surface area contributed by atoms with Gasteiger partial charge in [-0.3, -0.25) is 0 Å². The number of sulfonamides is 1. The molecule has 2 atom stereocenters.